The molecule has 2 aromatic heterocycles. The fourth-order valence-corrected chi connectivity index (χ4v) is 3.07. The van der Waals surface area contributed by atoms with Gasteiger partial charge < -0.3 is 14.6 Å². The predicted octanol–water partition coefficient (Wildman–Crippen LogP) is 3.85. The lowest BCUT2D eigenvalue weighted by atomic mass is 10.2. The van der Waals surface area contributed by atoms with E-state index in [1.165, 1.54) is 12.1 Å². The summed E-state index contributed by atoms with van der Waals surface area (Å²) in [6.07, 6.45) is 3.36. The third-order valence-electron chi connectivity index (χ3n) is 3.79. The molecule has 6 nitrogen and oxygen atoms in total. The molecule has 8 heteroatoms. The van der Waals surface area contributed by atoms with Gasteiger partial charge in [0.2, 0.25) is 11.7 Å². The van der Waals surface area contributed by atoms with Crippen LogP contribution >= 0.6 is 11.3 Å². The molecule has 2 heterocycles. The Morgan fingerprint density at radius 2 is 2.07 bits per heavy atom. The number of thiophene rings is 1. The smallest absolute Gasteiger partial charge is 0.257 e. The summed E-state index contributed by atoms with van der Waals surface area (Å²) in [6, 6.07) is 9.91. The van der Waals surface area contributed by atoms with E-state index in [4.69, 9.17) is 9.26 Å². The van der Waals surface area contributed by atoms with Crippen molar-refractivity contribution >= 4 is 17.2 Å². The number of ether oxygens (including phenoxy) is 1. The first-order chi connectivity index (χ1) is 13.2. The number of aryl methyl sites for hydroxylation is 1. The second-order valence-electron chi connectivity index (χ2n) is 5.87. The number of amides is 1. The Morgan fingerprint density at radius 1 is 1.19 bits per heavy atom. The van der Waals surface area contributed by atoms with Gasteiger partial charge >= 0.3 is 0 Å². The van der Waals surface area contributed by atoms with E-state index in [2.05, 4.69) is 15.5 Å². The molecular weight excluding hydrogens is 369 g/mol. The standard InChI is InChI=1S/C19H20FN3O3S/c20-14-7-3-4-8-15(14)25-13-17(24)21-11-5-1-2-10-18-22-19(23-26-18)16-9-6-12-27-16/h3-4,6-9,12H,1-2,5,10-11,13H2,(H,21,24). The highest BCUT2D eigenvalue weighted by Crippen LogP contribution is 2.21. The Labute approximate surface area is 160 Å². The maximum absolute atomic E-state index is 13.4. The molecule has 0 radical (unpaired) electrons. The number of halogens is 1. The number of hydrogen-bond donors (Lipinski definition) is 1. The Kier molecular flexibility index (Phi) is 6.92. The summed E-state index contributed by atoms with van der Waals surface area (Å²) < 4.78 is 23.8. The van der Waals surface area contributed by atoms with Gasteiger partial charge in [-0.3, -0.25) is 4.79 Å². The summed E-state index contributed by atoms with van der Waals surface area (Å²) in [5, 5.41) is 8.71. The third-order valence-corrected chi connectivity index (χ3v) is 4.66. The molecule has 0 spiro atoms. The first kappa shape index (κ1) is 19.0. The molecule has 0 aliphatic carbocycles. The summed E-state index contributed by atoms with van der Waals surface area (Å²) >= 11 is 1.57. The van der Waals surface area contributed by atoms with Gasteiger partial charge in [0.15, 0.2) is 18.2 Å². The van der Waals surface area contributed by atoms with Crippen molar-refractivity contribution in [1.29, 1.82) is 0 Å². The Hall–Kier alpha value is -2.74. The van der Waals surface area contributed by atoms with Crippen LogP contribution in [0.4, 0.5) is 4.39 Å². The zero-order chi connectivity index (χ0) is 18.9. The first-order valence-electron chi connectivity index (χ1n) is 8.73. The molecule has 0 unspecified atom stereocenters. The van der Waals surface area contributed by atoms with Gasteiger partial charge in [0, 0.05) is 13.0 Å². The average Bonchev–Trinajstić information content (AvgIpc) is 3.35. The molecule has 0 saturated heterocycles. The largest absolute Gasteiger partial charge is 0.481 e. The molecule has 27 heavy (non-hydrogen) atoms. The fraction of sp³-hybridized carbons (Fsp3) is 0.316. The number of carbonyl (C=O) groups excluding carboxylic acids is 1. The Morgan fingerprint density at radius 3 is 2.89 bits per heavy atom. The van der Waals surface area contributed by atoms with Gasteiger partial charge in [0.25, 0.3) is 5.91 Å². The molecule has 0 bridgehead atoms. The van der Waals surface area contributed by atoms with Crippen molar-refractivity contribution in [3.8, 4) is 16.5 Å². The maximum atomic E-state index is 13.4. The van der Waals surface area contributed by atoms with Gasteiger partial charge in [-0.2, -0.15) is 4.98 Å². The van der Waals surface area contributed by atoms with Gasteiger partial charge in [-0.25, -0.2) is 4.39 Å². The summed E-state index contributed by atoms with van der Waals surface area (Å²) in [4.78, 5) is 17.1. The highest BCUT2D eigenvalue weighted by Gasteiger charge is 2.09. The first-order valence-corrected chi connectivity index (χ1v) is 9.61. The molecule has 0 aliphatic heterocycles. The summed E-state index contributed by atoms with van der Waals surface area (Å²) in [5.74, 6) is 0.585. The maximum Gasteiger partial charge on any atom is 0.257 e. The van der Waals surface area contributed by atoms with E-state index >= 15 is 0 Å². The number of benzene rings is 1. The number of unbranched alkanes of at least 4 members (excludes halogenated alkanes) is 2. The van der Waals surface area contributed by atoms with Crippen molar-refractivity contribution < 1.29 is 18.4 Å². The van der Waals surface area contributed by atoms with Crippen molar-refractivity contribution in [1.82, 2.24) is 15.5 Å². The summed E-state index contributed by atoms with van der Waals surface area (Å²) in [6.45, 7) is 0.345. The number of hydrogen-bond acceptors (Lipinski definition) is 6. The lowest BCUT2D eigenvalue weighted by Crippen LogP contribution is -2.29. The monoisotopic (exact) mass is 389 g/mol. The van der Waals surface area contributed by atoms with Crippen LogP contribution in [0.1, 0.15) is 25.2 Å². The topological polar surface area (TPSA) is 77.2 Å². The van der Waals surface area contributed by atoms with E-state index in [0.29, 0.717) is 24.7 Å². The van der Waals surface area contributed by atoms with Crippen LogP contribution in [0.5, 0.6) is 5.75 Å². The molecular formula is C19H20FN3O3S. The SMILES string of the molecule is O=C(COc1ccccc1F)NCCCCCc1nc(-c2cccs2)no1. The van der Waals surface area contributed by atoms with Crippen molar-refractivity contribution in [3.63, 3.8) is 0 Å². The molecule has 3 aromatic rings. The minimum atomic E-state index is -0.478. The van der Waals surface area contributed by atoms with Gasteiger partial charge in [0.1, 0.15) is 0 Å². The van der Waals surface area contributed by atoms with Crippen LogP contribution in [0.2, 0.25) is 0 Å². The van der Waals surface area contributed by atoms with E-state index in [1.807, 2.05) is 17.5 Å². The van der Waals surface area contributed by atoms with E-state index in [0.717, 1.165) is 24.1 Å². The molecule has 0 saturated carbocycles. The lowest BCUT2D eigenvalue weighted by molar-refractivity contribution is -0.123. The van der Waals surface area contributed by atoms with E-state index in [1.54, 1.807) is 23.5 Å². The highest BCUT2D eigenvalue weighted by atomic mass is 32.1. The Balaban J connectivity index is 1.26. The van der Waals surface area contributed by atoms with Crippen LogP contribution in [-0.2, 0) is 11.2 Å². The van der Waals surface area contributed by atoms with E-state index in [9.17, 15) is 9.18 Å². The molecule has 0 aliphatic rings. The zero-order valence-corrected chi connectivity index (χ0v) is 15.5. The van der Waals surface area contributed by atoms with Crippen LogP contribution in [0, 0.1) is 5.82 Å². The normalized spacial score (nSPS) is 10.7. The van der Waals surface area contributed by atoms with Crippen molar-refractivity contribution in [2.75, 3.05) is 13.2 Å². The average molecular weight is 389 g/mol. The number of para-hydroxylation sites is 1. The minimum Gasteiger partial charge on any atom is -0.481 e. The third kappa shape index (κ3) is 5.89. The minimum absolute atomic E-state index is 0.0779. The number of rotatable bonds is 10. The van der Waals surface area contributed by atoms with Gasteiger partial charge in [-0.1, -0.05) is 29.8 Å². The number of nitrogens with zero attached hydrogens (tertiary/aromatic N) is 2. The second-order valence-corrected chi connectivity index (χ2v) is 6.82. The molecule has 1 amide bonds. The second kappa shape index (κ2) is 9.82. The molecule has 1 N–H and O–H groups in total. The van der Waals surface area contributed by atoms with Gasteiger partial charge in [-0.15, -0.1) is 11.3 Å². The van der Waals surface area contributed by atoms with Crippen LogP contribution in [0.15, 0.2) is 46.3 Å². The molecule has 0 atom stereocenters. The van der Waals surface area contributed by atoms with E-state index in [-0.39, 0.29) is 18.3 Å². The number of nitrogens with one attached hydrogen (secondary N) is 1. The summed E-state index contributed by atoms with van der Waals surface area (Å²) in [7, 11) is 0. The molecule has 3 rings (SSSR count). The van der Waals surface area contributed by atoms with Crippen molar-refractivity contribution in [2.24, 2.45) is 0 Å². The zero-order valence-electron chi connectivity index (χ0n) is 14.7. The predicted molar refractivity (Wildman–Crippen MR) is 100 cm³/mol. The van der Waals surface area contributed by atoms with Crippen LogP contribution < -0.4 is 10.1 Å². The van der Waals surface area contributed by atoms with Crippen molar-refractivity contribution in [2.45, 2.75) is 25.7 Å². The van der Waals surface area contributed by atoms with Gasteiger partial charge in [0.05, 0.1) is 4.88 Å². The number of aromatic nitrogens is 2. The van der Waals surface area contributed by atoms with Crippen LogP contribution in [-0.4, -0.2) is 29.2 Å². The fourth-order valence-electron chi connectivity index (χ4n) is 2.42. The van der Waals surface area contributed by atoms with Crippen LogP contribution in [0.25, 0.3) is 10.7 Å². The van der Waals surface area contributed by atoms with Crippen molar-refractivity contribution in [3.05, 3.63) is 53.5 Å². The lowest BCUT2D eigenvalue weighted by Gasteiger charge is -2.07. The molecule has 1 aromatic carbocycles. The molecule has 142 valence electrons. The Bertz CT molecular complexity index is 852. The highest BCUT2D eigenvalue weighted by molar-refractivity contribution is 7.13. The summed E-state index contributed by atoms with van der Waals surface area (Å²) in [5.41, 5.74) is 0. The van der Waals surface area contributed by atoms with E-state index < -0.39 is 5.82 Å². The quantitative estimate of drug-likeness (QED) is 0.533. The number of carbonyl (C=O) groups is 1. The van der Waals surface area contributed by atoms with Gasteiger partial charge in [-0.05, 0) is 36.4 Å². The molecule has 0 fully saturated rings. The van der Waals surface area contributed by atoms with Crippen LogP contribution in [0.3, 0.4) is 0 Å².